The molecule has 1 heterocycles. The molecule has 0 aromatic heterocycles. The molecule has 1 aliphatic rings. The Morgan fingerprint density at radius 2 is 1.77 bits per heavy atom. The van der Waals surface area contributed by atoms with Crippen LogP contribution in [0.2, 0.25) is 0 Å². The fourth-order valence-corrected chi connectivity index (χ4v) is 3.40. The number of carbonyl (C=O) groups excluding carboxylic acids is 3. The first kappa shape index (κ1) is 22.0. The smallest absolute Gasteiger partial charge is 0.311 e. The lowest BCUT2D eigenvalue weighted by molar-refractivity contribution is -0.147. The zero-order chi connectivity index (χ0) is 22.2. The van der Waals surface area contributed by atoms with E-state index < -0.39 is 23.8 Å². The number of carbonyl (C=O) groups is 3. The van der Waals surface area contributed by atoms with Crippen molar-refractivity contribution >= 4 is 29.2 Å². The highest BCUT2D eigenvalue weighted by atomic mass is 16.5. The minimum absolute atomic E-state index is 0.0954. The number of rotatable bonds is 9. The van der Waals surface area contributed by atoms with Crippen molar-refractivity contribution in [1.82, 2.24) is 5.32 Å². The van der Waals surface area contributed by atoms with Crippen LogP contribution >= 0.6 is 0 Å². The average molecular weight is 422 g/mol. The van der Waals surface area contributed by atoms with E-state index in [9.17, 15) is 14.4 Å². The summed E-state index contributed by atoms with van der Waals surface area (Å²) in [6.45, 7) is 2.10. The van der Waals surface area contributed by atoms with Crippen molar-refractivity contribution in [2.45, 2.75) is 25.8 Å². The molecule has 0 saturated heterocycles. The van der Waals surface area contributed by atoms with Gasteiger partial charge >= 0.3 is 5.97 Å². The zero-order valence-electron chi connectivity index (χ0n) is 17.4. The SMILES string of the molecule is CCOC(=O)C(CNC(=O)C1=NN(c2ccccc2)C(C(N)=O)C1)Cc1ccccc1. The van der Waals surface area contributed by atoms with Gasteiger partial charge in [-0.3, -0.25) is 19.4 Å². The standard InChI is InChI=1S/C23H26N4O4/c1-2-31-23(30)17(13-16-9-5-3-6-10-16)15-25-22(29)19-14-20(21(24)28)27(26-19)18-11-7-4-8-12-18/h3-12,17,20H,2,13-15H2,1H3,(H2,24,28)(H,25,29). The van der Waals surface area contributed by atoms with Gasteiger partial charge in [0.15, 0.2) is 0 Å². The number of hydrazone groups is 1. The number of anilines is 1. The Hall–Kier alpha value is -3.68. The molecule has 0 aliphatic carbocycles. The predicted octanol–water partition coefficient (Wildman–Crippen LogP) is 1.64. The number of amides is 2. The molecule has 162 valence electrons. The maximum atomic E-state index is 12.8. The summed E-state index contributed by atoms with van der Waals surface area (Å²) in [5, 5.41) is 8.55. The van der Waals surface area contributed by atoms with E-state index in [1.165, 1.54) is 5.01 Å². The maximum absolute atomic E-state index is 12.8. The van der Waals surface area contributed by atoms with Crippen LogP contribution in [0.25, 0.3) is 0 Å². The third-order valence-corrected chi connectivity index (χ3v) is 4.98. The third-order valence-electron chi connectivity index (χ3n) is 4.98. The van der Waals surface area contributed by atoms with E-state index in [1.807, 2.05) is 48.5 Å². The molecule has 1 aliphatic heterocycles. The van der Waals surface area contributed by atoms with Gasteiger partial charge in [-0.2, -0.15) is 5.10 Å². The highest BCUT2D eigenvalue weighted by Crippen LogP contribution is 2.24. The van der Waals surface area contributed by atoms with E-state index in [4.69, 9.17) is 10.5 Å². The number of hydrogen-bond donors (Lipinski definition) is 2. The summed E-state index contributed by atoms with van der Waals surface area (Å²) in [5.41, 5.74) is 7.35. The molecular formula is C23H26N4O4. The molecule has 8 heteroatoms. The van der Waals surface area contributed by atoms with Crippen LogP contribution in [0.3, 0.4) is 0 Å². The Labute approximate surface area is 181 Å². The molecule has 2 atom stereocenters. The number of para-hydroxylation sites is 1. The molecule has 0 radical (unpaired) electrons. The molecular weight excluding hydrogens is 396 g/mol. The second-order valence-corrected chi connectivity index (χ2v) is 7.20. The summed E-state index contributed by atoms with van der Waals surface area (Å²) in [6, 6.07) is 17.8. The first-order chi connectivity index (χ1) is 15.0. The van der Waals surface area contributed by atoms with Crippen molar-refractivity contribution in [2.75, 3.05) is 18.2 Å². The molecule has 2 aromatic carbocycles. The van der Waals surface area contributed by atoms with Gasteiger partial charge < -0.3 is 15.8 Å². The predicted molar refractivity (Wildman–Crippen MR) is 117 cm³/mol. The summed E-state index contributed by atoms with van der Waals surface area (Å²) in [5.74, 6) is -1.91. The van der Waals surface area contributed by atoms with Gasteiger partial charge in [0.05, 0.1) is 18.2 Å². The number of nitrogens with two attached hydrogens (primary N) is 1. The highest BCUT2D eigenvalue weighted by Gasteiger charge is 2.35. The van der Waals surface area contributed by atoms with Crippen LogP contribution in [0, 0.1) is 5.92 Å². The van der Waals surface area contributed by atoms with Gasteiger partial charge in [-0.1, -0.05) is 48.5 Å². The van der Waals surface area contributed by atoms with Crippen LogP contribution in [0.15, 0.2) is 65.8 Å². The van der Waals surface area contributed by atoms with Crippen molar-refractivity contribution in [3.8, 4) is 0 Å². The van der Waals surface area contributed by atoms with E-state index in [0.717, 1.165) is 5.56 Å². The number of nitrogens with zero attached hydrogens (tertiary/aromatic N) is 2. The molecule has 2 aromatic rings. The van der Waals surface area contributed by atoms with Gasteiger partial charge in [0.25, 0.3) is 5.91 Å². The molecule has 0 bridgehead atoms. The largest absolute Gasteiger partial charge is 0.466 e. The zero-order valence-corrected chi connectivity index (χ0v) is 17.4. The Bertz CT molecular complexity index is 947. The van der Waals surface area contributed by atoms with Crippen molar-refractivity contribution in [1.29, 1.82) is 0 Å². The van der Waals surface area contributed by atoms with Crippen LogP contribution in [0.1, 0.15) is 18.9 Å². The Morgan fingerprint density at radius 1 is 1.13 bits per heavy atom. The summed E-state index contributed by atoms with van der Waals surface area (Å²) in [4.78, 5) is 37.0. The minimum Gasteiger partial charge on any atom is -0.466 e. The Balaban J connectivity index is 1.69. The lowest BCUT2D eigenvalue weighted by Gasteiger charge is -2.20. The topological polar surface area (TPSA) is 114 Å². The third kappa shape index (κ3) is 5.69. The summed E-state index contributed by atoms with van der Waals surface area (Å²) in [7, 11) is 0. The molecule has 2 amide bonds. The van der Waals surface area contributed by atoms with Crippen molar-refractivity contribution < 1.29 is 19.1 Å². The molecule has 31 heavy (non-hydrogen) atoms. The van der Waals surface area contributed by atoms with Crippen molar-refractivity contribution in [3.63, 3.8) is 0 Å². The van der Waals surface area contributed by atoms with E-state index in [0.29, 0.717) is 12.1 Å². The van der Waals surface area contributed by atoms with E-state index >= 15 is 0 Å². The number of nitrogens with one attached hydrogen (secondary N) is 1. The second-order valence-electron chi connectivity index (χ2n) is 7.20. The quantitative estimate of drug-likeness (QED) is 0.597. The number of esters is 1. The lowest BCUT2D eigenvalue weighted by atomic mass is 9.99. The van der Waals surface area contributed by atoms with Gasteiger partial charge in [0, 0.05) is 13.0 Å². The van der Waals surface area contributed by atoms with E-state index in [2.05, 4.69) is 10.4 Å². The van der Waals surface area contributed by atoms with Crippen molar-refractivity contribution in [2.24, 2.45) is 16.8 Å². The van der Waals surface area contributed by atoms with Gasteiger partial charge in [-0.25, -0.2) is 0 Å². The number of hydrogen-bond acceptors (Lipinski definition) is 6. The van der Waals surface area contributed by atoms with Gasteiger partial charge in [-0.05, 0) is 31.0 Å². The summed E-state index contributed by atoms with van der Waals surface area (Å²) < 4.78 is 5.17. The highest BCUT2D eigenvalue weighted by molar-refractivity contribution is 6.40. The van der Waals surface area contributed by atoms with Crippen LogP contribution in [-0.2, 0) is 25.5 Å². The fourth-order valence-electron chi connectivity index (χ4n) is 3.40. The van der Waals surface area contributed by atoms with E-state index in [-0.39, 0.29) is 31.3 Å². The second kappa shape index (κ2) is 10.4. The maximum Gasteiger partial charge on any atom is 0.311 e. The lowest BCUT2D eigenvalue weighted by Crippen LogP contribution is -2.40. The van der Waals surface area contributed by atoms with Gasteiger partial charge in [0.1, 0.15) is 11.8 Å². The number of ether oxygens (including phenoxy) is 1. The summed E-state index contributed by atoms with van der Waals surface area (Å²) in [6.07, 6.45) is 0.533. The average Bonchev–Trinajstić information content (AvgIpc) is 3.24. The van der Waals surface area contributed by atoms with Crippen LogP contribution in [-0.4, -0.2) is 42.7 Å². The molecule has 2 unspecified atom stereocenters. The normalized spacial score (nSPS) is 16.4. The molecule has 3 N–H and O–H groups in total. The van der Waals surface area contributed by atoms with Gasteiger partial charge in [-0.15, -0.1) is 0 Å². The van der Waals surface area contributed by atoms with Crippen LogP contribution in [0.5, 0.6) is 0 Å². The Kier molecular flexibility index (Phi) is 7.37. The minimum atomic E-state index is -0.742. The van der Waals surface area contributed by atoms with E-state index in [1.54, 1.807) is 19.1 Å². The van der Waals surface area contributed by atoms with Crippen molar-refractivity contribution in [3.05, 3.63) is 66.2 Å². The first-order valence-corrected chi connectivity index (χ1v) is 10.2. The fraction of sp³-hybridized carbons (Fsp3) is 0.304. The molecule has 0 spiro atoms. The first-order valence-electron chi connectivity index (χ1n) is 10.2. The number of primary amides is 1. The Morgan fingerprint density at radius 3 is 2.39 bits per heavy atom. The monoisotopic (exact) mass is 422 g/mol. The van der Waals surface area contributed by atoms with Gasteiger partial charge in [0.2, 0.25) is 5.91 Å². The van der Waals surface area contributed by atoms with Crippen LogP contribution in [0.4, 0.5) is 5.69 Å². The summed E-state index contributed by atoms with van der Waals surface area (Å²) >= 11 is 0. The molecule has 0 saturated carbocycles. The molecule has 8 nitrogen and oxygen atoms in total. The molecule has 0 fully saturated rings. The van der Waals surface area contributed by atoms with Crippen LogP contribution < -0.4 is 16.1 Å². The molecule has 3 rings (SSSR count). The number of benzene rings is 2.